The molecule has 0 saturated carbocycles. The molecule has 0 aliphatic heterocycles. The largest absolute Gasteiger partial charge is 0.322 e. The Kier molecular flexibility index (Phi) is 4.94. The molecule has 0 atom stereocenters. The Labute approximate surface area is 150 Å². The van der Waals surface area contributed by atoms with E-state index in [1.54, 1.807) is 13.0 Å². The van der Waals surface area contributed by atoms with E-state index in [9.17, 15) is 13.2 Å². The fraction of sp³-hybridized carbons (Fsp3) is 0.167. The summed E-state index contributed by atoms with van der Waals surface area (Å²) in [5, 5.41) is 1.32. The summed E-state index contributed by atoms with van der Waals surface area (Å²) in [5.41, 5.74) is 0.835. The topological polar surface area (TPSA) is 70.2 Å². The predicted molar refractivity (Wildman–Crippen MR) is 99.3 cm³/mol. The zero-order chi connectivity index (χ0) is 18.0. The van der Waals surface area contributed by atoms with Crippen molar-refractivity contribution in [2.24, 2.45) is 0 Å². The second kappa shape index (κ2) is 7.00. The lowest BCUT2D eigenvalue weighted by atomic mass is 10.1. The van der Waals surface area contributed by atoms with Crippen molar-refractivity contribution in [3.63, 3.8) is 0 Å². The van der Waals surface area contributed by atoms with Crippen LogP contribution in [0.4, 0.5) is 0 Å². The maximum absolute atomic E-state index is 12.8. The second-order valence-electron chi connectivity index (χ2n) is 5.60. The van der Waals surface area contributed by atoms with Gasteiger partial charge in [-0.3, -0.25) is 4.79 Å². The Balaban J connectivity index is 1.98. The van der Waals surface area contributed by atoms with E-state index in [1.165, 1.54) is 28.6 Å². The SMILES string of the molecule is CCN(Cc1cc2ccccc2[nH]c1=O)S(=O)(=O)c1ccc(Cl)cc1. The van der Waals surface area contributed by atoms with Crippen molar-refractivity contribution in [3.8, 4) is 0 Å². The van der Waals surface area contributed by atoms with Crippen LogP contribution in [0.2, 0.25) is 5.02 Å². The number of para-hydroxylation sites is 1. The van der Waals surface area contributed by atoms with E-state index in [0.29, 0.717) is 10.6 Å². The number of H-pyrrole nitrogens is 1. The predicted octanol–water partition coefficient (Wildman–Crippen LogP) is 3.39. The van der Waals surface area contributed by atoms with Gasteiger partial charge >= 0.3 is 0 Å². The van der Waals surface area contributed by atoms with Gasteiger partial charge in [-0.25, -0.2) is 8.42 Å². The molecular formula is C18H17ClN2O3S. The van der Waals surface area contributed by atoms with Crippen molar-refractivity contribution >= 4 is 32.5 Å². The molecule has 0 saturated heterocycles. The molecule has 0 unspecified atom stereocenters. The molecule has 0 bridgehead atoms. The number of aromatic amines is 1. The van der Waals surface area contributed by atoms with Gasteiger partial charge in [-0.05, 0) is 41.8 Å². The molecule has 1 N–H and O–H groups in total. The summed E-state index contributed by atoms with van der Waals surface area (Å²) < 4.78 is 26.9. The minimum absolute atomic E-state index is 0.00161. The lowest BCUT2D eigenvalue weighted by molar-refractivity contribution is 0.422. The number of nitrogens with zero attached hydrogens (tertiary/aromatic N) is 1. The first-order valence-corrected chi connectivity index (χ1v) is 9.60. The molecule has 7 heteroatoms. The third-order valence-corrected chi connectivity index (χ3v) is 6.17. The highest BCUT2D eigenvalue weighted by Gasteiger charge is 2.24. The zero-order valence-corrected chi connectivity index (χ0v) is 15.1. The molecule has 1 aromatic heterocycles. The third-order valence-electron chi connectivity index (χ3n) is 3.98. The van der Waals surface area contributed by atoms with Gasteiger partial charge in [-0.2, -0.15) is 4.31 Å². The van der Waals surface area contributed by atoms with E-state index in [4.69, 9.17) is 11.6 Å². The summed E-state index contributed by atoms with van der Waals surface area (Å²) in [6.07, 6.45) is 0. The fourth-order valence-electron chi connectivity index (χ4n) is 2.62. The fourth-order valence-corrected chi connectivity index (χ4v) is 4.18. The highest BCUT2D eigenvalue weighted by Crippen LogP contribution is 2.20. The van der Waals surface area contributed by atoms with Crippen LogP contribution >= 0.6 is 11.6 Å². The molecule has 1 heterocycles. The maximum Gasteiger partial charge on any atom is 0.252 e. The first-order valence-electron chi connectivity index (χ1n) is 7.78. The average molecular weight is 377 g/mol. The molecule has 2 aromatic carbocycles. The van der Waals surface area contributed by atoms with Crippen LogP contribution in [0.3, 0.4) is 0 Å². The van der Waals surface area contributed by atoms with Crippen molar-refractivity contribution in [1.82, 2.24) is 9.29 Å². The number of rotatable bonds is 5. The molecule has 0 radical (unpaired) electrons. The van der Waals surface area contributed by atoms with Crippen molar-refractivity contribution in [3.05, 3.63) is 75.5 Å². The number of aromatic nitrogens is 1. The minimum Gasteiger partial charge on any atom is -0.322 e. The van der Waals surface area contributed by atoms with Crippen molar-refractivity contribution in [2.45, 2.75) is 18.4 Å². The maximum atomic E-state index is 12.8. The zero-order valence-electron chi connectivity index (χ0n) is 13.6. The van der Waals surface area contributed by atoms with Gasteiger partial charge in [0.2, 0.25) is 10.0 Å². The smallest absolute Gasteiger partial charge is 0.252 e. The van der Waals surface area contributed by atoms with Crippen LogP contribution < -0.4 is 5.56 Å². The molecule has 0 aliphatic rings. The van der Waals surface area contributed by atoms with E-state index >= 15 is 0 Å². The van der Waals surface area contributed by atoms with Crippen LogP contribution in [0.15, 0.2) is 64.3 Å². The first-order chi connectivity index (χ1) is 11.9. The molecule has 0 spiro atoms. The number of hydrogen-bond donors (Lipinski definition) is 1. The van der Waals surface area contributed by atoms with Gasteiger partial charge < -0.3 is 4.98 Å². The van der Waals surface area contributed by atoms with Gasteiger partial charge in [0.25, 0.3) is 5.56 Å². The molecule has 0 aliphatic carbocycles. The third kappa shape index (κ3) is 3.61. The number of pyridine rings is 1. The van der Waals surface area contributed by atoms with Crippen molar-refractivity contribution in [2.75, 3.05) is 6.54 Å². The Hall–Kier alpha value is -2.15. The standard InChI is InChI=1S/C18H17ClN2O3S/c1-2-21(25(23,24)16-9-7-15(19)8-10-16)12-14-11-13-5-3-4-6-17(13)20-18(14)22/h3-11H,2,12H2,1H3,(H,20,22). The molecule has 3 rings (SSSR count). The summed E-state index contributed by atoms with van der Waals surface area (Å²) >= 11 is 5.83. The highest BCUT2D eigenvalue weighted by molar-refractivity contribution is 7.89. The summed E-state index contributed by atoms with van der Waals surface area (Å²) in [6, 6.07) is 15.1. The number of halogens is 1. The molecule has 3 aromatic rings. The second-order valence-corrected chi connectivity index (χ2v) is 7.97. The number of nitrogens with one attached hydrogen (secondary N) is 1. The van der Waals surface area contributed by atoms with Gasteiger partial charge in [0.1, 0.15) is 0 Å². The first kappa shape index (κ1) is 17.7. The molecule has 0 amide bonds. The molecular weight excluding hydrogens is 360 g/mol. The van der Waals surface area contributed by atoms with Crippen molar-refractivity contribution in [1.29, 1.82) is 0 Å². The van der Waals surface area contributed by atoms with E-state index in [-0.39, 0.29) is 23.5 Å². The Morgan fingerprint density at radius 1 is 1.08 bits per heavy atom. The lowest BCUT2D eigenvalue weighted by Crippen LogP contribution is -2.32. The van der Waals surface area contributed by atoms with E-state index in [2.05, 4.69) is 4.98 Å². The van der Waals surface area contributed by atoms with Crippen LogP contribution in [0.1, 0.15) is 12.5 Å². The normalized spacial score (nSPS) is 12.0. The van der Waals surface area contributed by atoms with Crippen LogP contribution in [0, 0.1) is 0 Å². The average Bonchev–Trinajstić information content (AvgIpc) is 2.60. The van der Waals surface area contributed by atoms with Crippen LogP contribution in [-0.4, -0.2) is 24.3 Å². The molecule has 5 nitrogen and oxygen atoms in total. The minimum atomic E-state index is -3.71. The van der Waals surface area contributed by atoms with E-state index < -0.39 is 10.0 Å². The van der Waals surface area contributed by atoms with E-state index in [0.717, 1.165) is 10.9 Å². The van der Waals surface area contributed by atoms with Crippen LogP contribution in [-0.2, 0) is 16.6 Å². The van der Waals surface area contributed by atoms with Gasteiger partial charge in [0.05, 0.1) is 4.90 Å². The summed E-state index contributed by atoms with van der Waals surface area (Å²) in [4.78, 5) is 15.2. The van der Waals surface area contributed by atoms with Gasteiger partial charge in [0.15, 0.2) is 0 Å². The van der Waals surface area contributed by atoms with Gasteiger partial charge in [0, 0.05) is 29.2 Å². The van der Waals surface area contributed by atoms with Crippen LogP contribution in [0.5, 0.6) is 0 Å². The molecule has 0 fully saturated rings. The number of sulfonamides is 1. The Morgan fingerprint density at radius 3 is 2.44 bits per heavy atom. The monoisotopic (exact) mass is 376 g/mol. The molecule has 130 valence electrons. The summed E-state index contributed by atoms with van der Waals surface area (Å²) in [7, 11) is -3.71. The molecule has 25 heavy (non-hydrogen) atoms. The number of benzene rings is 2. The Bertz CT molecular complexity index is 1060. The number of hydrogen-bond acceptors (Lipinski definition) is 3. The van der Waals surface area contributed by atoms with Crippen molar-refractivity contribution < 1.29 is 8.42 Å². The summed E-state index contributed by atoms with van der Waals surface area (Å²) in [6.45, 7) is 1.99. The Morgan fingerprint density at radius 2 is 1.76 bits per heavy atom. The van der Waals surface area contributed by atoms with Gasteiger partial charge in [-0.1, -0.05) is 36.7 Å². The van der Waals surface area contributed by atoms with E-state index in [1.807, 2.05) is 24.3 Å². The summed E-state index contributed by atoms with van der Waals surface area (Å²) in [5.74, 6) is 0. The van der Waals surface area contributed by atoms with Gasteiger partial charge in [-0.15, -0.1) is 0 Å². The quantitative estimate of drug-likeness (QED) is 0.742. The van der Waals surface area contributed by atoms with Crippen LogP contribution in [0.25, 0.3) is 10.9 Å². The number of fused-ring (bicyclic) bond motifs is 1. The highest BCUT2D eigenvalue weighted by atomic mass is 35.5. The lowest BCUT2D eigenvalue weighted by Gasteiger charge is -2.20.